The Kier molecular flexibility index (Phi) is 2.75. The first-order valence-corrected chi connectivity index (χ1v) is 7.71. The molecule has 0 radical (unpaired) electrons. The Morgan fingerprint density at radius 2 is 2.00 bits per heavy atom. The predicted molar refractivity (Wildman–Crippen MR) is 80.4 cm³/mol. The molecule has 4 rings (SSSR count). The third kappa shape index (κ3) is 1.86. The van der Waals surface area contributed by atoms with Crippen LogP contribution in [0.1, 0.15) is 23.3 Å². The highest BCUT2D eigenvalue weighted by Gasteiger charge is 2.23. The molecule has 0 amide bonds. The molecule has 0 aliphatic heterocycles. The second kappa shape index (κ2) is 4.53. The third-order valence-corrected chi connectivity index (χ3v) is 5.10. The molecule has 3 nitrogen and oxygen atoms in total. The molecule has 6 heteroatoms. The van der Waals surface area contributed by atoms with Gasteiger partial charge in [-0.05, 0) is 43.4 Å². The van der Waals surface area contributed by atoms with Crippen LogP contribution in [0.4, 0.5) is 13.8 Å². The monoisotopic (exact) mass is 305 g/mol. The molecule has 0 spiro atoms. The van der Waals surface area contributed by atoms with Gasteiger partial charge in [0.1, 0.15) is 11.3 Å². The summed E-state index contributed by atoms with van der Waals surface area (Å²) in [4.78, 5) is 8.60. The number of H-pyrrole nitrogens is 1. The Balaban J connectivity index is 1.95. The highest BCUT2D eigenvalue weighted by atomic mass is 32.1. The standard InChI is InChI=1S/C15H13F2N3S/c16-8-5-6-9-13(12(8)17)20-15(19-9)11-7-3-1-2-4-10(7)21-14(11)18/h5-6H,1-4,18H2,(H,19,20). The number of fused-ring (bicyclic) bond motifs is 2. The number of anilines is 1. The third-order valence-electron chi connectivity index (χ3n) is 3.98. The zero-order chi connectivity index (χ0) is 14.6. The van der Waals surface area contributed by atoms with Crippen LogP contribution in [0, 0.1) is 11.6 Å². The van der Waals surface area contributed by atoms with Gasteiger partial charge in [-0.3, -0.25) is 0 Å². The summed E-state index contributed by atoms with van der Waals surface area (Å²) in [5.41, 5.74) is 8.72. The topological polar surface area (TPSA) is 54.7 Å². The Morgan fingerprint density at radius 1 is 1.19 bits per heavy atom. The number of nitrogens with two attached hydrogens (primary N) is 1. The van der Waals surface area contributed by atoms with Crippen molar-refractivity contribution in [2.24, 2.45) is 0 Å². The van der Waals surface area contributed by atoms with E-state index in [2.05, 4.69) is 9.97 Å². The number of aromatic nitrogens is 2. The Bertz CT molecular complexity index is 850. The number of halogens is 2. The number of nitrogens with one attached hydrogen (secondary N) is 1. The van der Waals surface area contributed by atoms with Gasteiger partial charge in [-0.2, -0.15) is 0 Å². The fourth-order valence-corrected chi connectivity index (χ4v) is 4.14. The Labute approximate surface area is 123 Å². The number of rotatable bonds is 1. The lowest BCUT2D eigenvalue weighted by Crippen LogP contribution is -2.00. The van der Waals surface area contributed by atoms with Crippen LogP contribution < -0.4 is 5.73 Å². The largest absolute Gasteiger partial charge is 0.390 e. The van der Waals surface area contributed by atoms with Crippen LogP contribution in [-0.2, 0) is 12.8 Å². The molecule has 0 bridgehead atoms. The molecule has 0 saturated heterocycles. The van der Waals surface area contributed by atoms with E-state index in [0.717, 1.165) is 30.9 Å². The zero-order valence-electron chi connectivity index (χ0n) is 11.2. The Hall–Kier alpha value is -1.95. The predicted octanol–water partition coefficient (Wildman–Crippen LogP) is 4.03. The summed E-state index contributed by atoms with van der Waals surface area (Å²) in [6, 6.07) is 2.60. The van der Waals surface area contributed by atoms with Crippen molar-refractivity contribution in [3.8, 4) is 11.4 Å². The molecule has 1 aliphatic carbocycles. The van der Waals surface area contributed by atoms with E-state index in [1.165, 1.54) is 22.9 Å². The van der Waals surface area contributed by atoms with Crippen LogP contribution in [0.15, 0.2) is 12.1 Å². The van der Waals surface area contributed by atoms with Crippen LogP contribution in [0.5, 0.6) is 0 Å². The summed E-state index contributed by atoms with van der Waals surface area (Å²) in [5.74, 6) is -1.27. The minimum Gasteiger partial charge on any atom is -0.390 e. The molecule has 0 saturated carbocycles. The number of benzene rings is 1. The number of hydrogen-bond donors (Lipinski definition) is 2. The van der Waals surface area contributed by atoms with Gasteiger partial charge in [0.15, 0.2) is 11.6 Å². The minimum absolute atomic E-state index is 0.0279. The normalized spacial score (nSPS) is 14.6. The quantitative estimate of drug-likeness (QED) is 0.713. The molecule has 3 N–H and O–H groups in total. The van der Waals surface area contributed by atoms with Gasteiger partial charge in [-0.1, -0.05) is 0 Å². The Morgan fingerprint density at radius 3 is 2.86 bits per heavy atom. The fourth-order valence-electron chi connectivity index (χ4n) is 2.98. The number of hydrogen-bond acceptors (Lipinski definition) is 3. The number of aryl methyl sites for hydroxylation is 1. The molecular weight excluding hydrogens is 292 g/mol. The van der Waals surface area contributed by atoms with Gasteiger partial charge < -0.3 is 10.7 Å². The SMILES string of the molecule is Nc1sc2c(c1-c1nc3c(F)c(F)ccc3[nH]1)CCCC2. The summed E-state index contributed by atoms with van der Waals surface area (Å²) in [6.07, 6.45) is 4.30. The maximum Gasteiger partial charge on any atom is 0.186 e. The van der Waals surface area contributed by atoms with Crippen LogP contribution in [0.25, 0.3) is 22.4 Å². The number of nitrogen functional groups attached to an aromatic ring is 1. The highest BCUT2D eigenvalue weighted by molar-refractivity contribution is 7.16. The average molecular weight is 305 g/mol. The lowest BCUT2D eigenvalue weighted by molar-refractivity contribution is 0.515. The summed E-state index contributed by atoms with van der Waals surface area (Å²) in [6.45, 7) is 0. The van der Waals surface area contributed by atoms with Crippen molar-refractivity contribution in [2.45, 2.75) is 25.7 Å². The fraction of sp³-hybridized carbons (Fsp3) is 0.267. The summed E-state index contributed by atoms with van der Waals surface area (Å²) in [5, 5.41) is 0.696. The van der Waals surface area contributed by atoms with Crippen molar-refractivity contribution in [1.29, 1.82) is 0 Å². The van der Waals surface area contributed by atoms with Crippen molar-refractivity contribution in [2.75, 3.05) is 5.73 Å². The molecule has 3 aromatic rings. The van der Waals surface area contributed by atoms with E-state index in [1.807, 2.05) is 0 Å². The zero-order valence-corrected chi connectivity index (χ0v) is 12.0. The smallest absolute Gasteiger partial charge is 0.186 e. The van der Waals surface area contributed by atoms with Crippen molar-refractivity contribution < 1.29 is 8.78 Å². The van der Waals surface area contributed by atoms with Gasteiger partial charge in [-0.15, -0.1) is 11.3 Å². The molecule has 2 heterocycles. The first-order chi connectivity index (χ1) is 10.1. The van der Waals surface area contributed by atoms with Gasteiger partial charge in [0, 0.05) is 4.88 Å². The molecule has 2 aromatic heterocycles. The van der Waals surface area contributed by atoms with E-state index in [-0.39, 0.29) is 5.52 Å². The van der Waals surface area contributed by atoms with Crippen molar-refractivity contribution >= 4 is 27.4 Å². The number of aromatic amines is 1. The van der Waals surface area contributed by atoms with Crippen molar-refractivity contribution in [1.82, 2.24) is 9.97 Å². The lowest BCUT2D eigenvalue weighted by Gasteiger charge is -2.11. The number of thiophene rings is 1. The van der Waals surface area contributed by atoms with Crippen LogP contribution in [0.2, 0.25) is 0 Å². The molecule has 0 unspecified atom stereocenters. The van der Waals surface area contributed by atoms with Crippen molar-refractivity contribution in [3.63, 3.8) is 0 Å². The molecule has 108 valence electrons. The van der Waals surface area contributed by atoms with E-state index in [9.17, 15) is 8.78 Å². The summed E-state index contributed by atoms with van der Waals surface area (Å²) in [7, 11) is 0. The van der Waals surface area contributed by atoms with E-state index < -0.39 is 11.6 Å². The highest BCUT2D eigenvalue weighted by Crippen LogP contribution is 2.42. The maximum atomic E-state index is 13.8. The average Bonchev–Trinajstić information content (AvgIpc) is 3.03. The maximum absolute atomic E-state index is 13.8. The minimum atomic E-state index is -0.919. The van der Waals surface area contributed by atoms with Crippen LogP contribution in [0.3, 0.4) is 0 Å². The molecule has 21 heavy (non-hydrogen) atoms. The first kappa shape index (κ1) is 12.8. The molecular formula is C15H13F2N3S. The van der Waals surface area contributed by atoms with Gasteiger partial charge in [0.25, 0.3) is 0 Å². The first-order valence-electron chi connectivity index (χ1n) is 6.89. The number of imidazole rings is 1. The lowest BCUT2D eigenvalue weighted by atomic mass is 9.95. The number of nitrogens with zero attached hydrogens (tertiary/aromatic N) is 1. The van der Waals surface area contributed by atoms with Gasteiger partial charge >= 0.3 is 0 Å². The summed E-state index contributed by atoms with van der Waals surface area (Å²) >= 11 is 1.58. The summed E-state index contributed by atoms with van der Waals surface area (Å²) < 4.78 is 27.1. The van der Waals surface area contributed by atoms with E-state index in [4.69, 9.17) is 5.73 Å². The van der Waals surface area contributed by atoms with E-state index >= 15 is 0 Å². The van der Waals surface area contributed by atoms with E-state index in [1.54, 1.807) is 11.3 Å². The van der Waals surface area contributed by atoms with Crippen LogP contribution in [-0.4, -0.2) is 9.97 Å². The molecule has 1 aromatic carbocycles. The van der Waals surface area contributed by atoms with Gasteiger partial charge in [0.05, 0.1) is 16.1 Å². The van der Waals surface area contributed by atoms with Crippen molar-refractivity contribution in [3.05, 3.63) is 34.2 Å². The second-order valence-electron chi connectivity index (χ2n) is 5.29. The molecule has 1 aliphatic rings. The van der Waals surface area contributed by atoms with E-state index in [0.29, 0.717) is 16.3 Å². The van der Waals surface area contributed by atoms with Gasteiger partial charge in [0.2, 0.25) is 0 Å². The molecule has 0 atom stereocenters. The van der Waals surface area contributed by atoms with Crippen LogP contribution >= 0.6 is 11.3 Å². The molecule has 0 fully saturated rings. The second-order valence-corrected chi connectivity index (χ2v) is 6.43. The van der Waals surface area contributed by atoms with Gasteiger partial charge in [-0.25, -0.2) is 13.8 Å².